The summed E-state index contributed by atoms with van der Waals surface area (Å²) in [7, 11) is 1.62. The van der Waals surface area contributed by atoms with Gasteiger partial charge in [-0.25, -0.2) is 0 Å². The third kappa shape index (κ3) is 3.82. The maximum atomic E-state index is 8.65. The lowest BCUT2D eigenvalue weighted by atomic mass is 10.0. The van der Waals surface area contributed by atoms with Crippen LogP contribution in [-0.4, -0.2) is 36.6 Å². The molecule has 0 aliphatic rings. The molecule has 0 spiro atoms. The molecule has 1 unspecified atom stereocenters. The van der Waals surface area contributed by atoms with Crippen LogP contribution in [0.4, 0.5) is 0 Å². The lowest BCUT2D eigenvalue weighted by Crippen LogP contribution is -2.18. The van der Waals surface area contributed by atoms with Crippen molar-refractivity contribution >= 4 is 0 Å². The monoisotopic (exact) mass is 148 g/mol. The highest BCUT2D eigenvalue weighted by Crippen LogP contribution is 2.06. The Morgan fingerprint density at radius 1 is 1.30 bits per heavy atom. The predicted molar refractivity (Wildman–Crippen MR) is 38.7 cm³/mol. The Hall–Kier alpha value is -0.120. The second-order valence-electron chi connectivity index (χ2n) is 2.51. The molecule has 3 heteroatoms. The summed E-state index contributed by atoms with van der Waals surface area (Å²) in [6, 6.07) is 0. The van der Waals surface area contributed by atoms with Crippen LogP contribution in [0.3, 0.4) is 0 Å². The zero-order valence-corrected chi connectivity index (χ0v) is 6.58. The topological polar surface area (TPSA) is 49.7 Å². The maximum absolute atomic E-state index is 8.65. The van der Waals surface area contributed by atoms with Gasteiger partial charge in [0.25, 0.3) is 0 Å². The van der Waals surface area contributed by atoms with E-state index in [1.54, 1.807) is 7.11 Å². The number of aliphatic hydroxyl groups excluding tert-OH is 2. The SMILES string of the molecule is COC(C)CC(CO)CO. The summed E-state index contributed by atoms with van der Waals surface area (Å²) in [4.78, 5) is 0. The van der Waals surface area contributed by atoms with Gasteiger partial charge >= 0.3 is 0 Å². The Balaban J connectivity index is 3.41. The van der Waals surface area contributed by atoms with Gasteiger partial charge in [-0.15, -0.1) is 0 Å². The van der Waals surface area contributed by atoms with Crippen LogP contribution in [0.2, 0.25) is 0 Å². The van der Waals surface area contributed by atoms with Crippen LogP contribution in [0.25, 0.3) is 0 Å². The molecule has 0 radical (unpaired) electrons. The molecule has 0 amide bonds. The van der Waals surface area contributed by atoms with E-state index in [0.29, 0.717) is 6.42 Å². The fraction of sp³-hybridized carbons (Fsp3) is 1.00. The molecule has 0 aliphatic carbocycles. The number of hydrogen-bond acceptors (Lipinski definition) is 3. The molecule has 0 heterocycles. The molecule has 0 aromatic carbocycles. The standard InChI is InChI=1S/C7H16O3/c1-6(10-2)3-7(4-8)5-9/h6-9H,3-5H2,1-2H3. The third-order valence-electron chi connectivity index (χ3n) is 1.58. The molecule has 62 valence electrons. The highest BCUT2D eigenvalue weighted by atomic mass is 16.5. The predicted octanol–water partition coefficient (Wildman–Crippen LogP) is 0.0122. The molecular weight excluding hydrogens is 132 g/mol. The highest BCUT2D eigenvalue weighted by Gasteiger charge is 2.09. The smallest absolute Gasteiger partial charge is 0.0547 e. The third-order valence-corrected chi connectivity index (χ3v) is 1.58. The molecule has 0 bridgehead atoms. The first-order chi connectivity index (χ1) is 4.74. The minimum atomic E-state index is -0.0325. The molecule has 0 aromatic heterocycles. The summed E-state index contributed by atoms with van der Waals surface area (Å²) in [5.74, 6) is -0.0325. The van der Waals surface area contributed by atoms with Crippen molar-refractivity contribution in [2.45, 2.75) is 19.4 Å². The van der Waals surface area contributed by atoms with Crippen molar-refractivity contribution in [3.63, 3.8) is 0 Å². The molecule has 0 aliphatic heterocycles. The van der Waals surface area contributed by atoms with E-state index in [2.05, 4.69) is 0 Å². The van der Waals surface area contributed by atoms with Crippen molar-refractivity contribution in [2.75, 3.05) is 20.3 Å². The summed E-state index contributed by atoms with van der Waals surface area (Å²) >= 11 is 0. The molecule has 10 heavy (non-hydrogen) atoms. The van der Waals surface area contributed by atoms with Crippen LogP contribution in [0.15, 0.2) is 0 Å². The zero-order valence-electron chi connectivity index (χ0n) is 6.58. The molecule has 0 saturated heterocycles. The van der Waals surface area contributed by atoms with Gasteiger partial charge in [-0.2, -0.15) is 0 Å². The number of methoxy groups -OCH3 is 1. The Bertz CT molecular complexity index is 71.3. The average molecular weight is 148 g/mol. The molecule has 0 rings (SSSR count). The molecule has 3 nitrogen and oxygen atoms in total. The Labute approximate surface area is 61.6 Å². The van der Waals surface area contributed by atoms with Gasteiger partial charge in [0.1, 0.15) is 0 Å². The van der Waals surface area contributed by atoms with Crippen LogP contribution in [0.1, 0.15) is 13.3 Å². The summed E-state index contributed by atoms with van der Waals surface area (Å²) in [5, 5.41) is 17.3. The lowest BCUT2D eigenvalue weighted by molar-refractivity contribution is 0.0606. The average Bonchev–Trinajstić information content (AvgIpc) is 1.99. The van der Waals surface area contributed by atoms with E-state index in [0.717, 1.165) is 0 Å². The second kappa shape index (κ2) is 5.65. The van der Waals surface area contributed by atoms with Crippen LogP contribution in [0, 0.1) is 5.92 Å². The van der Waals surface area contributed by atoms with Crippen LogP contribution in [0.5, 0.6) is 0 Å². The van der Waals surface area contributed by atoms with Crippen LogP contribution in [-0.2, 0) is 4.74 Å². The molecule has 0 aromatic rings. The Morgan fingerprint density at radius 2 is 1.80 bits per heavy atom. The van der Waals surface area contributed by atoms with Crippen molar-refractivity contribution < 1.29 is 14.9 Å². The van der Waals surface area contributed by atoms with E-state index in [1.165, 1.54) is 0 Å². The van der Waals surface area contributed by atoms with E-state index in [-0.39, 0.29) is 25.2 Å². The first-order valence-electron chi connectivity index (χ1n) is 3.49. The van der Waals surface area contributed by atoms with Gasteiger partial charge in [0.2, 0.25) is 0 Å². The summed E-state index contributed by atoms with van der Waals surface area (Å²) in [6.07, 6.45) is 0.827. The van der Waals surface area contributed by atoms with Crippen LogP contribution < -0.4 is 0 Å². The number of hydrogen-bond donors (Lipinski definition) is 2. The van der Waals surface area contributed by atoms with E-state index in [1.807, 2.05) is 6.92 Å². The minimum absolute atomic E-state index is 0.0319. The van der Waals surface area contributed by atoms with Gasteiger partial charge in [-0.1, -0.05) is 0 Å². The number of rotatable bonds is 5. The summed E-state index contributed by atoms with van der Waals surface area (Å²) in [6.45, 7) is 1.98. The Kier molecular flexibility index (Phi) is 5.58. The zero-order chi connectivity index (χ0) is 7.98. The number of aliphatic hydroxyl groups is 2. The van der Waals surface area contributed by atoms with E-state index in [9.17, 15) is 0 Å². The second-order valence-corrected chi connectivity index (χ2v) is 2.51. The quantitative estimate of drug-likeness (QED) is 0.577. The van der Waals surface area contributed by atoms with E-state index >= 15 is 0 Å². The summed E-state index contributed by atoms with van der Waals surface area (Å²) < 4.78 is 4.96. The lowest BCUT2D eigenvalue weighted by Gasteiger charge is -2.14. The maximum Gasteiger partial charge on any atom is 0.0547 e. The van der Waals surface area contributed by atoms with Crippen LogP contribution >= 0.6 is 0 Å². The van der Waals surface area contributed by atoms with Crippen molar-refractivity contribution in [2.24, 2.45) is 5.92 Å². The molecular formula is C7H16O3. The fourth-order valence-electron chi connectivity index (χ4n) is 0.772. The minimum Gasteiger partial charge on any atom is -0.396 e. The van der Waals surface area contributed by atoms with Gasteiger partial charge in [0, 0.05) is 26.2 Å². The van der Waals surface area contributed by atoms with E-state index < -0.39 is 0 Å². The van der Waals surface area contributed by atoms with Gasteiger partial charge in [-0.3, -0.25) is 0 Å². The van der Waals surface area contributed by atoms with Gasteiger partial charge in [0.15, 0.2) is 0 Å². The normalized spacial score (nSPS) is 14.1. The molecule has 1 atom stereocenters. The van der Waals surface area contributed by atoms with Crippen molar-refractivity contribution in [1.29, 1.82) is 0 Å². The summed E-state index contributed by atoms with van der Waals surface area (Å²) in [5.41, 5.74) is 0. The fourth-order valence-corrected chi connectivity index (χ4v) is 0.772. The van der Waals surface area contributed by atoms with Gasteiger partial charge < -0.3 is 14.9 Å². The number of ether oxygens (including phenoxy) is 1. The first-order valence-corrected chi connectivity index (χ1v) is 3.49. The molecule has 0 saturated carbocycles. The van der Waals surface area contributed by atoms with Gasteiger partial charge in [-0.05, 0) is 13.3 Å². The highest BCUT2D eigenvalue weighted by molar-refractivity contribution is 4.60. The van der Waals surface area contributed by atoms with E-state index in [4.69, 9.17) is 14.9 Å². The van der Waals surface area contributed by atoms with Crippen molar-refractivity contribution in [1.82, 2.24) is 0 Å². The van der Waals surface area contributed by atoms with Crippen molar-refractivity contribution in [3.8, 4) is 0 Å². The first kappa shape index (κ1) is 9.88. The van der Waals surface area contributed by atoms with Gasteiger partial charge in [0.05, 0.1) is 6.10 Å². The largest absolute Gasteiger partial charge is 0.396 e. The van der Waals surface area contributed by atoms with Crippen molar-refractivity contribution in [3.05, 3.63) is 0 Å². The molecule has 0 fully saturated rings. The Morgan fingerprint density at radius 3 is 2.10 bits per heavy atom. The molecule has 2 N–H and O–H groups in total.